The van der Waals surface area contributed by atoms with Crippen LogP contribution in [0.4, 0.5) is 0 Å². The quantitative estimate of drug-likeness (QED) is 0.755. The van der Waals surface area contributed by atoms with Crippen molar-refractivity contribution in [2.45, 2.75) is 34.1 Å². The van der Waals surface area contributed by atoms with E-state index in [4.69, 9.17) is 4.74 Å². The average molecular weight is 282 g/mol. The van der Waals surface area contributed by atoms with Gasteiger partial charge in [-0.15, -0.1) is 5.10 Å². The van der Waals surface area contributed by atoms with Gasteiger partial charge in [-0.1, -0.05) is 20.8 Å². The number of nitrogens with one attached hydrogen (secondary N) is 1. The zero-order valence-corrected chi connectivity index (χ0v) is 12.5. The third-order valence-electron chi connectivity index (χ3n) is 2.56. The third kappa shape index (κ3) is 4.64. The van der Waals surface area contributed by atoms with E-state index in [2.05, 4.69) is 15.2 Å². The third-order valence-corrected chi connectivity index (χ3v) is 2.56. The normalized spacial score (nSPS) is 10.7. The molecule has 1 rings (SSSR count). The minimum absolute atomic E-state index is 0.0825. The summed E-state index contributed by atoms with van der Waals surface area (Å²) in [6.07, 6.45) is 0.669. The van der Waals surface area contributed by atoms with E-state index in [9.17, 15) is 9.59 Å². The summed E-state index contributed by atoms with van der Waals surface area (Å²) < 4.78 is 4.88. The number of H-pyrrole nitrogens is 1. The molecule has 1 amide bonds. The lowest BCUT2D eigenvalue weighted by atomic mass is 10.2. The van der Waals surface area contributed by atoms with Crippen LogP contribution in [-0.4, -0.2) is 51.7 Å². The zero-order valence-electron chi connectivity index (χ0n) is 12.5. The Kier molecular flexibility index (Phi) is 6.14. The summed E-state index contributed by atoms with van der Waals surface area (Å²) >= 11 is 0. The Bertz CT molecular complexity index is 456. The number of carbonyl (C=O) groups excluding carboxylic acids is 2. The van der Waals surface area contributed by atoms with Crippen molar-refractivity contribution in [3.63, 3.8) is 0 Å². The Balaban J connectivity index is 2.80. The highest BCUT2D eigenvalue weighted by Crippen LogP contribution is 2.05. The van der Waals surface area contributed by atoms with E-state index < -0.39 is 5.97 Å². The van der Waals surface area contributed by atoms with Crippen molar-refractivity contribution in [2.24, 2.45) is 5.92 Å². The van der Waals surface area contributed by atoms with E-state index in [1.165, 1.54) is 4.90 Å². The Hall–Kier alpha value is -1.92. The second-order valence-electron chi connectivity index (χ2n) is 4.84. The maximum absolute atomic E-state index is 12.3. The summed E-state index contributed by atoms with van der Waals surface area (Å²) in [6, 6.07) is 0. The largest absolute Gasteiger partial charge is 0.465 e. The lowest BCUT2D eigenvalue weighted by Gasteiger charge is -2.22. The number of aryl methyl sites for hydroxylation is 1. The van der Waals surface area contributed by atoms with Crippen molar-refractivity contribution in [3.05, 3.63) is 11.6 Å². The molecule has 0 atom stereocenters. The van der Waals surface area contributed by atoms with Gasteiger partial charge < -0.3 is 9.64 Å². The number of aromatic amines is 1. The summed E-state index contributed by atoms with van der Waals surface area (Å²) in [5.41, 5.74) is 0. The summed E-state index contributed by atoms with van der Waals surface area (Å²) in [7, 11) is 0. The minimum atomic E-state index is -0.423. The highest BCUT2D eigenvalue weighted by molar-refractivity contribution is 5.92. The molecular formula is C13H22N4O3. The molecule has 0 saturated heterocycles. The highest BCUT2D eigenvalue weighted by atomic mass is 16.5. The van der Waals surface area contributed by atoms with Gasteiger partial charge in [0.2, 0.25) is 5.82 Å². The van der Waals surface area contributed by atoms with Gasteiger partial charge in [-0.2, -0.15) is 0 Å². The molecule has 20 heavy (non-hydrogen) atoms. The number of hydrogen-bond acceptors (Lipinski definition) is 5. The number of amides is 1. The highest BCUT2D eigenvalue weighted by Gasteiger charge is 2.23. The van der Waals surface area contributed by atoms with Gasteiger partial charge in [0.05, 0.1) is 6.61 Å². The summed E-state index contributed by atoms with van der Waals surface area (Å²) in [6.45, 7) is 8.26. The molecule has 7 heteroatoms. The molecule has 0 radical (unpaired) electrons. The molecule has 0 aliphatic rings. The molecular weight excluding hydrogens is 260 g/mol. The molecule has 0 aliphatic heterocycles. The molecule has 0 spiro atoms. The zero-order chi connectivity index (χ0) is 15.1. The number of nitrogens with zero attached hydrogens (tertiary/aromatic N) is 3. The Morgan fingerprint density at radius 1 is 1.35 bits per heavy atom. The SMILES string of the molecule is CCOC(=O)CN(CC(C)C)C(=O)c1n[nH]c(CC)n1. The van der Waals surface area contributed by atoms with Crippen LogP contribution in [0.25, 0.3) is 0 Å². The maximum atomic E-state index is 12.3. The molecule has 0 unspecified atom stereocenters. The standard InChI is InChI=1S/C13H22N4O3/c1-5-10-14-12(16-15-10)13(19)17(7-9(3)4)8-11(18)20-6-2/h9H,5-8H2,1-4H3,(H,14,15,16). The molecule has 0 aromatic carbocycles. The number of carbonyl (C=O) groups is 2. The Morgan fingerprint density at radius 2 is 2.05 bits per heavy atom. The van der Waals surface area contributed by atoms with Crippen LogP contribution in [0.5, 0.6) is 0 Å². The van der Waals surface area contributed by atoms with Crippen molar-refractivity contribution >= 4 is 11.9 Å². The summed E-state index contributed by atoms with van der Waals surface area (Å²) in [5.74, 6) is 0.189. The van der Waals surface area contributed by atoms with Gasteiger partial charge in [0, 0.05) is 13.0 Å². The van der Waals surface area contributed by atoms with Crippen molar-refractivity contribution in [2.75, 3.05) is 19.7 Å². The van der Waals surface area contributed by atoms with E-state index in [1.807, 2.05) is 20.8 Å². The Labute approximate surface area is 118 Å². The van der Waals surface area contributed by atoms with Crippen LogP contribution in [0, 0.1) is 5.92 Å². The van der Waals surface area contributed by atoms with Crippen LogP contribution >= 0.6 is 0 Å². The first-order valence-corrected chi connectivity index (χ1v) is 6.84. The molecule has 0 bridgehead atoms. The van der Waals surface area contributed by atoms with Crippen molar-refractivity contribution < 1.29 is 14.3 Å². The van der Waals surface area contributed by atoms with Crippen LogP contribution in [0.3, 0.4) is 0 Å². The number of esters is 1. The van der Waals surface area contributed by atoms with Crippen molar-refractivity contribution in [1.29, 1.82) is 0 Å². The van der Waals surface area contributed by atoms with Gasteiger partial charge in [0.1, 0.15) is 12.4 Å². The van der Waals surface area contributed by atoms with Crippen LogP contribution in [0.15, 0.2) is 0 Å². The Morgan fingerprint density at radius 3 is 2.55 bits per heavy atom. The van der Waals surface area contributed by atoms with Gasteiger partial charge in [0.25, 0.3) is 5.91 Å². The molecule has 7 nitrogen and oxygen atoms in total. The smallest absolute Gasteiger partial charge is 0.325 e. The molecule has 0 saturated carbocycles. The maximum Gasteiger partial charge on any atom is 0.325 e. The van der Waals surface area contributed by atoms with Crippen LogP contribution in [0.1, 0.15) is 44.1 Å². The first-order chi connectivity index (χ1) is 9.47. The molecule has 1 aromatic rings. The molecule has 0 aliphatic carbocycles. The molecule has 112 valence electrons. The predicted molar refractivity (Wildman–Crippen MR) is 73.1 cm³/mol. The van der Waals surface area contributed by atoms with Gasteiger partial charge in [0.15, 0.2) is 0 Å². The van der Waals surface area contributed by atoms with Crippen molar-refractivity contribution in [1.82, 2.24) is 20.1 Å². The fraction of sp³-hybridized carbons (Fsp3) is 0.692. The topological polar surface area (TPSA) is 88.2 Å². The second kappa shape index (κ2) is 7.62. The van der Waals surface area contributed by atoms with E-state index in [1.54, 1.807) is 6.92 Å². The lowest BCUT2D eigenvalue weighted by Crippen LogP contribution is -2.39. The molecule has 1 heterocycles. The second-order valence-corrected chi connectivity index (χ2v) is 4.84. The van der Waals surface area contributed by atoms with E-state index in [-0.39, 0.29) is 24.2 Å². The number of rotatable bonds is 7. The van der Waals surface area contributed by atoms with Gasteiger partial charge in [-0.25, -0.2) is 4.98 Å². The van der Waals surface area contributed by atoms with Gasteiger partial charge in [-0.05, 0) is 12.8 Å². The van der Waals surface area contributed by atoms with Crippen LogP contribution < -0.4 is 0 Å². The number of hydrogen-bond donors (Lipinski definition) is 1. The van der Waals surface area contributed by atoms with E-state index in [0.717, 1.165) is 0 Å². The fourth-order valence-corrected chi connectivity index (χ4v) is 1.71. The summed E-state index contributed by atoms with van der Waals surface area (Å²) in [5, 5.41) is 6.59. The minimum Gasteiger partial charge on any atom is -0.465 e. The summed E-state index contributed by atoms with van der Waals surface area (Å²) in [4.78, 5) is 29.4. The van der Waals surface area contributed by atoms with Gasteiger partial charge in [-0.3, -0.25) is 14.7 Å². The van der Waals surface area contributed by atoms with E-state index in [0.29, 0.717) is 25.4 Å². The first-order valence-electron chi connectivity index (χ1n) is 6.84. The number of ether oxygens (including phenoxy) is 1. The van der Waals surface area contributed by atoms with Gasteiger partial charge >= 0.3 is 5.97 Å². The molecule has 1 N–H and O–H groups in total. The van der Waals surface area contributed by atoms with Crippen LogP contribution in [0.2, 0.25) is 0 Å². The predicted octanol–water partition coefficient (Wildman–Crippen LogP) is 1.03. The first kappa shape index (κ1) is 16.1. The monoisotopic (exact) mass is 282 g/mol. The molecule has 1 aromatic heterocycles. The average Bonchev–Trinajstić information content (AvgIpc) is 2.85. The lowest BCUT2D eigenvalue weighted by molar-refractivity contribution is -0.143. The number of aromatic nitrogens is 3. The van der Waals surface area contributed by atoms with Crippen molar-refractivity contribution in [3.8, 4) is 0 Å². The molecule has 0 fully saturated rings. The van der Waals surface area contributed by atoms with E-state index >= 15 is 0 Å². The van der Waals surface area contributed by atoms with Crippen LogP contribution in [-0.2, 0) is 16.0 Å². The fourth-order valence-electron chi connectivity index (χ4n) is 1.71.